The lowest BCUT2D eigenvalue weighted by atomic mass is 10.1. The van der Waals surface area contributed by atoms with Crippen LogP contribution in [-0.4, -0.2) is 31.0 Å². The molecule has 0 radical (unpaired) electrons. The number of H-pyrrole nitrogens is 1. The topological polar surface area (TPSA) is 122 Å². The molecule has 0 saturated carbocycles. The van der Waals surface area contributed by atoms with Crippen molar-refractivity contribution < 1.29 is 9.32 Å². The van der Waals surface area contributed by atoms with E-state index in [1.165, 1.54) is 49.8 Å². The van der Waals surface area contributed by atoms with Crippen molar-refractivity contribution in [2.75, 3.05) is 10.6 Å². The van der Waals surface area contributed by atoms with Crippen molar-refractivity contribution >= 4 is 17.5 Å². The van der Waals surface area contributed by atoms with Crippen molar-refractivity contribution in [1.82, 2.24) is 25.1 Å². The van der Waals surface area contributed by atoms with Crippen molar-refractivity contribution in [2.24, 2.45) is 0 Å². The Labute approximate surface area is 180 Å². The number of nitrogens with zero attached hydrogens (tertiary/aromatic N) is 4. The van der Waals surface area contributed by atoms with Gasteiger partial charge in [0.15, 0.2) is 11.6 Å². The van der Waals surface area contributed by atoms with Gasteiger partial charge in [-0.3, -0.25) is 4.79 Å². The molecule has 1 atom stereocenters. The summed E-state index contributed by atoms with van der Waals surface area (Å²) in [5.74, 6) is 2.72. The van der Waals surface area contributed by atoms with E-state index in [4.69, 9.17) is 9.51 Å². The first-order valence-electron chi connectivity index (χ1n) is 11.1. The third-order valence-corrected chi connectivity index (χ3v) is 6.06. The van der Waals surface area contributed by atoms with Crippen LogP contribution in [0.1, 0.15) is 74.2 Å². The van der Waals surface area contributed by atoms with Crippen LogP contribution in [0.4, 0.5) is 11.6 Å². The smallest absolute Gasteiger partial charge is 0.225 e. The fraction of sp³-hybridized carbons (Fsp3) is 0.500. The lowest BCUT2D eigenvalue weighted by Gasteiger charge is -2.20. The average Bonchev–Trinajstić information content (AvgIpc) is 3.41. The van der Waals surface area contributed by atoms with Gasteiger partial charge in [0.05, 0.1) is 11.7 Å². The van der Waals surface area contributed by atoms with Gasteiger partial charge in [0.2, 0.25) is 5.91 Å². The van der Waals surface area contributed by atoms with Gasteiger partial charge in [-0.1, -0.05) is 24.4 Å². The molecule has 1 aliphatic heterocycles. The predicted molar refractivity (Wildman–Crippen MR) is 116 cm³/mol. The second-order valence-corrected chi connectivity index (χ2v) is 8.36. The molecule has 0 bridgehead atoms. The molecule has 2 aliphatic rings. The molecule has 9 heteroatoms. The molecule has 5 rings (SSSR count). The first-order chi connectivity index (χ1) is 15.2. The number of aryl methyl sites for hydroxylation is 2. The molecular formula is C22H27N7O2. The fourth-order valence-corrected chi connectivity index (χ4v) is 4.30. The van der Waals surface area contributed by atoms with Crippen LogP contribution in [0, 0.1) is 0 Å². The number of fused-ring (bicyclic) bond motifs is 2. The Morgan fingerprint density at radius 1 is 1.06 bits per heavy atom. The van der Waals surface area contributed by atoms with Crippen LogP contribution in [-0.2, 0) is 24.1 Å². The van der Waals surface area contributed by atoms with Gasteiger partial charge in [-0.15, -0.1) is 0 Å². The summed E-state index contributed by atoms with van der Waals surface area (Å²) >= 11 is 0. The van der Waals surface area contributed by atoms with Gasteiger partial charge in [-0.25, -0.2) is 15.0 Å². The Kier molecular flexibility index (Phi) is 5.40. The number of carbonyl (C=O) groups excluding carboxylic acids is 1. The largest absolute Gasteiger partial charge is 0.360 e. The van der Waals surface area contributed by atoms with Crippen LogP contribution in [0.2, 0.25) is 0 Å². The predicted octanol–water partition coefficient (Wildman–Crippen LogP) is 3.96. The molecule has 3 aromatic rings. The lowest BCUT2D eigenvalue weighted by Crippen LogP contribution is -2.22. The standard InChI is InChI=1S/C22H27N7O2/c1-13(25-20-14-9-10-19(30)28-21(14)24-12-23-20)18-11-17(29-31-18)22-26-15-7-5-3-2-4-6-8-16(15)27-22/h11-13H,2-10H2,1H3,(H,26,27)(H2,23,24,25,28,30)/t13-/m1/s1. The number of aromatic nitrogens is 5. The van der Waals surface area contributed by atoms with Crippen LogP contribution in [0.25, 0.3) is 11.5 Å². The van der Waals surface area contributed by atoms with Crippen LogP contribution in [0.3, 0.4) is 0 Å². The number of carbonyl (C=O) groups is 1. The van der Waals surface area contributed by atoms with Crippen LogP contribution in [0.5, 0.6) is 0 Å². The molecule has 1 aliphatic carbocycles. The van der Waals surface area contributed by atoms with Gasteiger partial charge in [0.1, 0.15) is 23.7 Å². The van der Waals surface area contributed by atoms with Gasteiger partial charge >= 0.3 is 0 Å². The van der Waals surface area contributed by atoms with E-state index in [9.17, 15) is 4.79 Å². The third kappa shape index (κ3) is 4.17. The molecule has 3 aromatic heterocycles. The molecule has 0 aromatic carbocycles. The normalized spacial score (nSPS) is 17.5. The number of anilines is 2. The average molecular weight is 422 g/mol. The zero-order valence-corrected chi connectivity index (χ0v) is 17.7. The highest BCUT2D eigenvalue weighted by molar-refractivity contribution is 5.93. The van der Waals surface area contributed by atoms with Crippen molar-refractivity contribution in [1.29, 1.82) is 0 Å². The van der Waals surface area contributed by atoms with Crippen molar-refractivity contribution in [3.8, 4) is 11.5 Å². The van der Waals surface area contributed by atoms with Gasteiger partial charge < -0.3 is 20.1 Å². The van der Waals surface area contributed by atoms with E-state index < -0.39 is 0 Å². The Balaban J connectivity index is 1.33. The molecular weight excluding hydrogens is 394 g/mol. The van der Waals surface area contributed by atoms with Crippen molar-refractivity contribution in [3.05, 3.63) is 35.1 Å². The summed E-state index contributed by atoms with van der Waals surface area (Å²) in [7, 11) is 0. The summed E-state index contributed by atoms with van der Waals surface area (Å²) in [5.41, 5.74) is 4.03. The van der Waals surface area contributed by atoms with Crippen molar-refractivity contribution in [3.63, 3.8) is 0 Å². The Hall–Kier alpha value is -3.23. The zero-order valence-electron chi connectivity index (χ0n) is 17.7. The van der Waals surface area contributed by atoms with Gasteiger partial charge in [0, 0.05) is 23.7 Å². The molecule has 31 heavy (non-hydrogen) atoms. The number of nitrogens with one attached hydrogen (secondary N) is 3. The van der Waals surface area contributed by atoms with Crippen LogP contribution >= 0.6 is 0 Å². The number of aromatic amines is 1. The summed E-state index contributed by atoms with van der Waals surface area (Å²) in [6.07, 6.45) is 10.8. The van der Waals surface area contributed by atoms with E-state index in [1.807, 2.05) is 13.0 Å². The summed E-state index contributed by atoms with van der Waals surface area (Å²) < 4.78 is 5.63. The van der Waals surface area contributed by atoms with E-state index in [0.717, 1.165) is 24.2 Å². The SMILES string of the molecule is C[C@@H](Nc1ncnc2c1CCC(=O)N2)c1cc(-c2nc3c([nH]2)CCCCCCC3)no1. The monoisotopic (exact) mass is 421 g/mol. The number of hydrogen-bond acceptors (Lipinski definition) is 7. The van der Waals surface area contributed by atoms with Gasteiger partial charge in [-0.2, -0.15) is 0 Å². The molecule has 0 saturated heterocycles. The fourth-order valence-electron chi connectivity index (χ4n) is 4.30. The Morgan fingerprint density at radius 3 is 2.81 bits per heavy atom. The van der Waals surface area contributed by atoms with Crippen LogP contribution in [0.15, 0.2) is 16.9 Å². The zero-order chi connectivity index (χ0) is 21.2. The second kappa shape index (κ2) is 8.49. The van der Waals surface area contributed by atoms with E-state index in [2.05, 4.69) is 30.7 Å². The lowest BCUT2D eigenvalue weighted by molar-refractivity contribution is -0.116. The Morgan fingerprint density at radius 2 is 1.90 bits per heavy atom. The van der Waals surface area contributed by atoms with E-state index in [-0.39, 0.29) is 11.9 Å². The minimum atomic E-state index is -0.155. The van der Waals surface area contributed by atoms with E-state index in [0.29, 0.717) is 35.9 Å². The third-order valence-electron chi connectivity index (χ3n) is 6.06. The van der Waals surface area contributed by atoms with E-state index in [1.54, 1.807) is 0 Å². The first-order valence-corrected chi connectivity index (χ1v) is 11.1. The van der Waals surface area contributed by atoms with Gasteiger partial charge in [0.25, 0.3) is 0 Å². The van der Waals surface area contributed by atoms with Crippen LogP contribution < -0.4 is 10.6 Å². The number of imidazole rings is 1. The highest BCUT2D eigenvalue weighted by Crippen LogP contribution is 2.30. The maximum atomic E-state index is 11.6. The quantitative estimate of drug-likeness (QED) is 0.583. The molecule has 0 fully saturated rings. The highest BCUT2D eigenvalue weighted by Gasteiger charge is 2.23. The summed E-state index contributed by atoms with van der Waals surface area (Å²) in [6, 6.07) is 1.77. The molecule has 4 heterocycles. The second-order valence-electron chi connectivity index (χ2n) is 8.36. The summed E-state index contributed by atoms with van der Waals surface area (Å²) in [4.78, 5) is 28.5. The number of rotatable bonds is 4. The Bertz CT molecular complexity index is 1060. The summed E-state index contributed by atoms with van der Waals surface area (Å²) in [5, 5.41) is 10.4. The molecule has 0 spiro atoms. The molecule has 1 amide bonds. The van der Waals surface area contributed by atoms with Crippen molar-refractivity contribution in [2.45, 2.75) is 70.8 Å². The molecule has 0 unspecified atom stereocenters. The van der Waals surface area contributed by atoms with Gasteiger partial charge in [-0.05, 0) is 39.0 Å². The van der Waals surface area contributed by atoms with E-state index >= 15 is 0 Å². The number of hydrogen-bond donors (Lipinski definition) is 3. The minimum absolute atomic E-state index is 0.0201. The number of amides is 1. The minimum Gasteiger partial charge on any atom is -0.360 e. The maximum Gasteiger partial charge on any atom is 0.225 e. The highest BCUT2D eigenvalue weighted by atomic mass is 16.5. The molecule has 162 valence electrons. The molecule has 3 N–H and O–H groups in total. The summed E-state index contributed by atoms with van der Waals surface area (Å²) in [6.45, 7) is 1.99. The first kappa shape index (κ1) is 19.7. The maximum absolute atomic E-state index is 11.6. The molecule has 9 nitrogen and oxygen atoms in total.